The van der Waals surface area contributed by atoms with Gasteiger partial charge in [0.2, 0.25) is 11.6 Å². The first kappa shape index (κ1) is 25.3. The van der Waals surface area contributed by atoms with E-state index in [0.717, 1.165) is 55.8 Å². The molecular formula is C28H39N7O3. The molecule has 3 heterocycles. The first-order valence-electron chi connectivity index (χ1n) is 14.4. The summed E-state index contributed by atoms with van der Waals surface area (Å²) in [6, 6.07) is 0.255. The standard InChI is InChI=1S/C28H39N7O3/c1-4-18-10-12-19(13-11-18)16-35-21-22(29-17(3)20-8-6-9-20)30-24(25-33-27(36)38-34-25)31-23(21)32-26(35)28(37-5-2)14-7-15-28/h4,17-20H,1,5-16H2,2-3H3,(H,29,30,31)(H,33,34,36)/t17-,18?,19?/m1/s1. The zero-order valence-electron chi connectivity index (χ0n) is 22.5. The van der Waals surface area contributed by atoms with Gasteiger partial charge in [0.15, 0.2) is 11.5 Å². The molecule has 3 aromatic heterocycles. The second kappa shape index (κ2) is 10.3. The highest BCUT2D eigenvalue weighted by atomic mass is 16.5. The summed E-state index contributed by atoms with van der Waals surface area (Å²) in [5.41, 5.74) is 1.12. The molecule has 0 aromatic carbocycles. The largest absolute Gasteiger partial charge is 0.439 e. The minimum Gasteiger partial charge on any atom is -0.367 e. The van der Waals surface area contributed by atoms with Gasteiger partial charge in [0.05, 0.1) is 0 Å². The van der Waals surface area contributed by atoms with Crippen LogP contribution in [0.5, 0.6) is 0 Å². The van der Waals surface area contributed by atoms with Gasteiger partial charge < -0.3 is 14.6 Å². The molecule has 0 radical (unpaired) electrons. The minimum absolute atomic E-state index is 0.207. The van der Waals surface area contributed by atoms with Crippen LogP contribution in [0.3, 0.4) is 0 Å². The fraction of sp³-hybridized carbons (Fsp3) is 0.679. The van der Waals surface area contributed by atoms with E-state index in [2.05, 4.69) is 46.5 Å². The molecule has 3 aliphatic rings. The Kier molecular flexibility index (Phi) is 6.84. The van der Waals surface area contributed by atoms with E-state index in [-0.39, 0.29) is 11.9 Å². The van der Waals surface area contributed by atoms with Crippen LogP contribution in [0.15, 0.2) is 22.0 Å². The predicted octanol–water partition coefficient (Wildman–Crippen LogP) is 5.18. The van der Waals surface area contributed by atoms with Crippen LogP contribution in [0.1, 0.15) is 83.9 Å². The molecule has 10 nitrogen and oxygen atoms in total. The molecule has 0 spiro atoms. The number of aromatic amines is 1. The molecule has 0 amide bonds. The molecule has 10 heteroatoms. The van der Waals surface area contributed by atoms with E-state index in [9.17, 15) is 4.79 Å². The van der Waals surface area contributed by atoms with Crippen LogP contribution >= 0.6 is 0 Å². The normalized spacial score (nSPS) is 24.1. The van der Waals surface area contributed by atoms with Gasteiger partial charge in [-0.1, -0.05) is 17.7 Å². The lowest BCUT2D eigenvalue weighted by Gasteiger charge is -2.41. The number of imidazole rings is 1. The average Bonchev–Trinajstić information content (AvgIpc) is 3.44. The van der Waals surface area contributed by atoms with Crippen molar-refractivity contribution in [2.24, 2.45) is 17.8 Å². The zero-order valence-corrected chi connectivity index (χ0v) is 22.5. The molecule has 3 fully saturated rings. The van der Waals surface area contributed by atoms with Crippen molar-refractivity contribution >= 4 is 17.0 Å². The van der Waals surface area contributed by atoms with Gasteiger partial charge in [-0.15, -0.1) is 6.58 Å². The third-order valence-corrected chi connectivity index (χ3v) is 9.13. The molecule has 1 atom stereocenters. The van der Waals surface area contributed by atoms with Crippen LogP contribution in [-0.2, 0) is 16.9 Å². The van der Waals surface area contributed by atoms with Crippen molar-refractivity contribution in [3.8, 4) is 11.6 Å². The van der Waals surface area contributed by atoms with E-state index in [1.165, 1.54) is 32.1 Å². The van der Waals surface area contributed by atoms with Gasteiger partial charge in [-0.3, -0.25) is 9.51 Å². The number of anilines is 1. The lowest BCUT2D eigenvalue weighted by atomic mass is 9.78. The molecule has 204 valence electrons. The number of nitrogens with zero attached hydrogens (tertiary/aromatic N) is 5. The molecular weight excluding hydrogens is 482 g/mol. The van der Waals surface area contributed by atoms with Crippen LogP contribution in [-0.4, -0.2) is 42.3 Å². The number of ether oxygens (including phenoxy) is 1. The van der Waals surface area contributed by atoms with Crippen molar-refractivity contribution in [2.75, 3.05) is 11.9 Å². The van der Waals surface area contributed by atoms with Crippen LogP contribution in [0.2, 0.25) is 0 Å². The predicted molar refractivity (Wildman–Crippen MR) is 145 cm³/mol. The second-order valence-electron chi connectivity index (χ2n) is 11.5. The van der Waals surface area contributed by atoms with Crippen LogP contribution in [0, 0.1) is 17.8 Å². The van der Waals surface area contributed by atoms with Crippen LogP contribution in [0.4, 0.5) is 5.82 Å². The highest BCUT2D eigenvalue weighted by Gasteiger charge is 2.45. The maximum absolute atomic E-state index is 11.7. The summed E-state index contributed by atoms with van der Waals surface area (Å²) in [4.78, 5) is 29.1. The van der Waals surface area contributed by atoms with Crippen molar-refractivity contribution < 1.29 is 9.26 Å². The van der Waals surface area contributed by atoms with Gasteiger partial charge in [0.25, 0.3) is 0 Å². The number of hydrogen-bond donors (Lipinski definition) is 2. The maximum atomic E-state index is 11.7. The molecule has 0 unspecified atom stereocenters. The Morgan fingerprint density at radius 3 is 2.55 bits per heavy atom. The number of aromatic nitrogens is 6. The average molecular weight is 522 g/mol. The smallest absolute Gasteiger partial charge is 0.367 e. The first-order valence-corrected chi connectivity index (χ1v) is 14.4. The Hall–Kier alpha value is -3.01. The number of allylic oxidation sites excluding steroid dienone is 1. The fourth-order valence-corrected chi connectivity index (χ4v) is 6.44. The molecule has 0 bridgehead atoms. The van der Waals surface area contributed by atoms with Crippen LogP contribution < -0.4 is 11.1 Å². The lowest BCUT2D eigenvalue weighted by Crippen LogP contribution is -2.40. The third kappa shape index (κ3) is 4.57. The van der Waals surface area contributed by atoms with E-state index < -0.39 is 11.4 Å². The summed E-state index contributed by atoms with van der Waals surface area (Å²) in [5.74, 6) is 3.33. The molecule has 2 N–H and O–H groups in total. The highest BCUT2D eigenvalue weighted by Crippen LogP contribution is 2.46. The quantitative estimate of drug-likeness (QED) is 0.350. The number of hydrogen-bond acceptors (Lipinski definition) is 8. The number of H-pyrrole nitrogens is 1. The Balaban J connectivity index is 1.48. The molecule has 0 saturated heterocycles. The lowest BCUT2D eigenvalue weighted by molar-refractivity contribution is -0.109. The van der Waals surface area contributed by atoms with Gasteiger partial charge in [-0.05, 0) is 89.4 Å². The Morgan fingerprint density at radius 2 is 1.97 bits per heavy atom. The number of fused-ring (bicyclic) bond motifs is 1. The van der Waals surface area contributed by atoms with E-state index in [0.29, 0.717) is 35.8 Å². The van der Waals surface area contributed by atoms with Gasteiger partial charge >= 0.3 is 5.76 Å². The Morgan fingerprint density at radius 1 is 1.18 bits per heavy atom. The van der Waals surface area contributed by atoms with Crippen molar-refractivity contribution in [1.82, 2.24) is 29.7 Å². The van der Waals surface area contributed by atoms with Gasteiger partial charge in [0, 0.05) is 19.2 Å². The molecule has 3 aliphatic carbocycles. The minimum atomic E-state index is -0.632. The summed E-state index contributed by atoms with van der Waals surface area (Å²) in [6.07, 6.45) is 13.5. The van der Waals surface area contributed by atoms with Gasteiger partial charge in [-0.25, -0.2) is 19.7 Å². The van der Waals surface area contributed by atoms with E-state index >= 15 is 0 Å². The van der Waals surface area contributed by atoms with Crippen LogP contribution in [0.25, 0.3) is 22.8 Å². The topological polar surface area (TPSA) is 124 Å². The SMILES string of the molecule is C=CC1CCC(Cn2c(C3(OCC)CCC3)nc3nc(-c4noc(=O)[nH]4)nc(N[C@H](C)C4CCC4)c32)CC1. The third-order valence-electron chi connectivity index (χ3n) is 9.13. The molecule has 0 aliphatic heterocycles. The molecule has 38 heavy (non-hydrogen) atoms. The van der Waals surface area contributed by atoms with E-state index in [4.69, 9.17) is 24.2 Å². The second-order valence-corrected chi connectivity index (χ2v) is 11.5. The highest BCUT2D eigenvalue weighted by molar-refractivity contribution is 5.86. The number of rotatable bonds is 10. The van der Waals surface area contributed by atoms with Crippen molar-refractivity contribution in [3.63, 3.8) is 0 Å². The summed E-state index contributed by atoms with van der Waals surface area (Å²) >= 11 is 0. The fourth-order valence-electron chi connectivity index (χ4n) is 6.44. The molecule has 3 aromatic rings. The van der Waals surface area contributed by atoms with E-state index in [1.807, 2.05) is 0 Å². The van der Waals surface area contributed by atoms with Gasteiger partial charge in [-0.2, -0.15) is 0 Å². The summed E-state index contributed by atoms with van der Waals surface area (Å²) in [6.45, 7) is 9.79. The zero-order chi connectivity index (χ0) is 26.3. The van der Waals surface area contributed by atoms with E-state index in [1.54, 1.807) is 0 Å². The molecule has 6 rings (SSSR count). The van der Waals surface area contributed by atoms with Crippen molar-refractivity contribution in [2.45, 2.75) is 96.2 Å². The van der Waals surface area contributed by atoms with Crippen molar-refractivity contribution in [3.05, 3.63) is 29.0 Å². The molecule has 3 saturated carbocycles. The Labute approximate surface area is 222 Å². The summed E-state index contributed by atoms with van der Waals surface area (Å²) in [5, 5.41) is 7.57. The maximum Gasteiger partial charge on any atom is 0.439 e. The summed E-state index contributed by atoms with van der Waals surface area (Å²) < 4.78 is 13.5. The monoisotopic (exact) mass is 521 g/mol. The number of nitrogens with one attached hydrogen (secondary N) is 2. The Bertz CT molecular complexity index is 1340. The van der Waals surface area contributed by atoms with Crippen molar-refractivity contribution in [1.29, 1.82) is 0 Å². The first-order chi connectivity index (χ1) is 18.5. The van der Waals surface area contributed by atoms with Gasteiger partial charge in [0.1, 0.15) is 16.9 Å². The summed E-state index contributed by atoms with van der Waals surface area (Å²) in [7, 11) is 0.